The van der Waals surface area contributed by atoms with Gasteiger partial charge in [0.05, 0.1) is 5.56 Å². The Morgan fingerprint density at radius 2 is 2.28 bits per heavy atom. The zero-order chi connectivity index (χ0) is 13.3. The van der Waals surface area contributed by atoms with Crippen LogP contribution in [0.5, 0.6) is 5.88 Å². The van der Waals surface area contributed by atoms with Crippen LogP contribution >= 0.6 is 0 Å². The van der Waals surface area contributed by atoms with Crippen molar-refractivity contribution in [3.63, 3.8) is 0 Å². The van der Waals surface area contributed by atoms with E-state index < -0.39 is 5.60 Å². The Morgan fingerprint density at radius 1 is 1.56 bits per heavy atom. The van der Waals surface area contributed by atoms with E-state index in [1.807, 2.05) is 0 Å². The first-order valence-corrected chi connectivity index (χ1v) is 6.34. The minimum atomic E-state index is -0.567. The molecule has 0 aromatic carbocycles. The third-order valence-electron chi connectivity index (χ3n) is 3.90. The second-order valence-electron chi connectivity index (χ2n) is 5.26. The van der Waals surface area contributed by atoms with Crippen molar-refractivity contribution in [2.45, 2.75) is 45.1 Å². The number of nitrogens with one attached hydrogen (secondary N) is 1. The number of hydrogen-bond acceptors (Lipinski definition) is 4. The molecule has 5 heteroatoms. The first-order chi connectivity index (χ1) is 8.48. The maximum atomic E-state index is 11.7. The van der Waals surface area contributed by atoms with E-state index >= 15 is 0 Å². The smallest absolute Gasteiger partial charge is 0.257 e. The Bertz CT molecular complexity index is 497. The molecule has 2 unspecified atom stereocenters. The van der Waals surface area contributed by atoms with Crippen LogP contribution in [0.25, 0.3) is 0 Å². The molecule has 2 rings (SSSR count). The molecular formula is C13H20N2O3. The van der Waals surface area contributed by atoms with Crippen LogP contribution < -0.4 is 5.56 Å². The van der Waals surface area contributed by atoms with E-state index in [1.165, 1.54) is 0 Å². The third kappa shape index (κ3) is 2.14. The van der Waals surface area contributed by atoms with Crippen LogP contribution in [-0.2, 0) is 10.3 Å². The van der Waals surface area contributed by atoms with Crippen LogP contribution in [0.15, 0.2) is 4.79 Å². The summed E-state index contributed by atoms with van der Waals surface area (Å²) >= 11 is 0. The lowest BCUT2D eigenvalue weighted by Crippen LogP contribution is -2.37. The summed E-state index contributed by atoms with van der Waals surface area (Å²) in [5.74, 6) is 0.764. The van der Waals surface area contributed by atoms with E-state index in [-0.39, 0.29) is 17.0 Å². The number of aromatic hydroxyl groups is 1. The lowest BCUT2D eigenvalue weighted by Gasteiger charge is -2.37. The molecule has 2 N–H and O–H groups in total. The second kappa shape index (κ2) is 4.72. The highest BCUT2D eigenvalue weighted by Gasteiger charge is 2.39. The van der Waals surface area contributed by atoms with E-state index in [2.05, 4.69) is 16.9 Å². The molecular weight excluding hydrogens is 232 g/mol. The van der Waals surface area contributed by atoms with Gasteiger partial charge < -0.3 is 14.8 Å². The van der Waals surface area contributed by atoms with Gasteiger partial charge in [0, 0.05) is 7.11 Å². The van der Waals surface area contributed by atoms with Crippen molar-refractivity contribution in [1.82, 2.24) is 9.97 Å². The van der Waals surface area contributed by atoms with E-state index in [1.54, 1.807) is 14.0 Å². The monoisotopic (exact) mass is 252 g/mol. The number of aromatic nitrogens is 2. The van der Waals surface area contributed by atoms with Crippen molar-refractivity contribution in [1.29, 1.82) is 0 Å². The van der Waals surface area contributed by atoms with Crippen LogP contribution in [0.4, 0.5) is 0 Å². The number of H-pyrrole nitrogens is 1. The van der Waals surface area contributed by atoms with Gasteiger partial charge >= 0.3 is 0 Å². The highest BCUT2D eigenvalue weighted by molar-refractivity contribution is 5.22. The van der Waals surface area contributed by atoms with Crippen LogP contribution in [0, 0.1) is 12.8 Å². The molecule has 0 amide bonds. The molecule has 1 heterocycles. The molecule has 1 aromatic heterocycles. The maximum absolute atomic E-state index is 11.7. The fraction of sp³-hybridized carbons (Fsp3) is 0.692. The molecule has 1 aliphatic rings. The predicted octanol–water partition coefficient (Wildman–Crippen LogP) is 1.84. The topological polar surface area (TPSA) is 75.2 Å². The van der Waals surface area contributed by atoms with Crippen LogP contribution in [0.2, 0.25) is 0 Å². The summed E-state index contributed by atoms with van der Waals surface area (Å²) in [5, 5.41) is 9.70. The van der Waals surface area contributed by atoms with E-state index in [9.17, 15) is 9.90 Å². The van der Waals surface area contributed by atoms with Crippen LogP contribution in [-0.4, -0.2) is 22.2 Å². The lowest BCUT2D eigenvalue weighted by atomic mass is 9.78. The Balaban J connectivity index is 2.47. The van der Waals surface area contributed by atoms with Gasteiger partial charge in [0.25, 0.3) is 5.56 Å². The molecule has 1 saturated carbocycles. The number of aromatic amines is 1. The van der Waals surface area contributed by atoms with Crippen molar-refractivity contribution in [2.24, 2.45) is 5.92 Å². The molecule has 0 radical (unpaired) electrons. The Morgan fingerprint density at radius 3 is 2.83 bits per heavy atom. The standard InChI is InChI=1S/C13H20N2O3/c1-8-5-4-6-13(7-8,18-3)12-14-10(16)9(2)11(17)15-12/h8H,4-7H2,1-3H3,(H2,14,15,16,17). The minimum absolute atomic E-state index is 0.205. The van der Waals surface area contributed by atoms with Gasteiger partial charge in [-0.05, 0) is 32.1 Å². The first-order valence-electron chi connectivity index (χ1n) is 6.34. The SMILES string of the molecule is COC1(c2nc(O)c(C)c(=O)[nH]2)CCCC(C)C1. The molecule has 1 aliphatic carbocycles. The molecule has 1 fully saturated rings. The van der Waals surface area contributed by atoms with Crippen molar-refractivity contribution < 1.29 is 9.84 Å². The fourth-order valence-corrected chi connectivity index (χ4v) is 2.74. The molecule has 18 heavy (non-hydrogen) atoms. The summed E-state index contributed by atoms with van der Waals surface area (Å²) in [6, 6.07) is 0. The largest absolute Gasteiger partial charge is 0.493 e. The second-order valence-corrected chi connectivity index (χ2v) is 5.26. The minimum Gasteiger partial charge on any atom is -0.493 e. The van der Waals surface area contributed by atoms with Gasteiger partial charge in [0.2, 0.25) is 5.88 Å². The van der Waals surface area contributed by atoms with E-state index in [0.29, 0.717) is 11.7 Å². The molecule has 2 atom stereocenters. The zero-order valence-corrected chi connectivity index (χ0v) is 11.1. The summed E-state index contributed by atoms with van der Waals surface area (Å²) < 4.78 is 5.64. The van der Waals surface area contributed by atoms with Gasteiger partial charge in [0.1, 0.15) is 11.4 Å². The highest BCUT2D eigenvalue weighted by atomic mass is 16.5. The van der Waals surface area contributed by atoms with Gasteiger partial charge in [0.15, 0.2) is 0 Å². The van der Waals surface area contributed by atoms with Gasteiger partial charge in [-0.3, -0.25) is 4.79 Å². The average Bonchev–Trinajstić information content (AvgIpc) is 2.35. The molecule has 100 valence electrons. The Kier molecular flexibility index (Phi) is 3.43. The first kappa shape index (κ1) is 13.1. The molecule has 1 aromatic rings. The molecule has 0 spiro atoms. The maximum Gasteiger partial charge on any atom is 0.257 e. The summed E-state index contributed by atoms with van der Waals surface area (Å²) in [4.78, 5) is 18.6. The van der Waals surface area contributed by atoms with Gasteiger partial charge in [-0.1, -0.05) is 13.3 Å². The Labute approximate surface area is 106 Å². The third-order valence-corrected chi connectivity index (χ3v) is 3.90. The molecule has 0 bridgehead atoms. The number of nitrogens with zero attached hydrogens (tertiary/aromatic N) is 1. The summed E-state index contributed by atoms with van der Waals surface area (Å²) in [7, 11) is 1.63. The summed E-state index contributed by atoms with van der Waals surface area (Å²) in [5.41, 5.74) is -0.622. The van der Waals surface area contributed by atoms with E-state index in [4.69, 9.17) is 4.74 Å². The summed E-state index contributed by atoms with van der Waals surface area (Å²) in [6.45, 7) is 3.72. The molecule has 0 saturated heterocycles. The molecule has 5 nitrogen and oxygen atoms in total. The van der Waals surface area contributed by atoms with Crippen LogP contribution in [0.1, 0.15) is 44.0 Å². The normalized spacial score (nSPS) is 28.3. The Hall–Kier alpha value is -1.36. The van der Waals surface area contributed by atoms with Gasteiger partial charge in [-0.15, -0.1) is 0 Å². The number of rotatable bonds is 2. The predicted molar refractivity (Wildman–Crippen MR) is 67.6 cm³/mol. The van der Waals surface area contributed by atoms with Crippen molar-refractivity contribution >= 4 is 0 Å². The van der Waals surface area contributed by atoms with Crippen molar-refractivity contribution in [3.8, 4) is 5.88 Å². The number of methoxy groups -OCH3 is 1. The average molecular weight is 252 g/mol. The molecule has 0 aliphatic heterocycles. The van der Waals surface area contributed by atoms with E-state index in [0.717, 1.165) is 25.7 Å². The van der Waals surface area contributed by atoms with Gasteiger partial charge in [-0.25, -0.2) is 0 Å². The highest BCUT2D eigenvalue weighted by Crippen LogP contribution is 2.41. The summed E-state index contributed by atoms with van der Waals surface area (Å²) in [6.07, 6.45) is 3.83. The number of hydrogen-bond donors (Lipinski definition) is 2. The lowest BCUT2D eigenvalue weighted by molar-refractivity contribution is -0.0651. The van der Waals surface area contributed by atoms with Crippen LogP contribution in [0.3, 0.4) is 0 Å². The fourth-order valence-electron chi connectivity index (χ4n) is 2.74. The zero-order valence-electron chi connectivity index (χ0n) is 11.1. The van der Waals surface area contributed by atoms with Gasteiger partial charge in [-0.2, -0.15) is 4.98 Å². The van der Waals surface area contributed by atoms with Crippen molar-refractivity contribution in [3.05, 3.63) is 21.7 Å². The number of ether oxygens (including phenoxy) is 1. The quantitative estimate of drug-likeness (QED) is 0.842. The van der Waals surface area contributed by atoms with Crippen molar-refractivity contribution in [2.75, 3.05) is 7.11 Å².